The van der Waals surface area contributed by atoms with Gasteiger partial charge in [0.2, 0.25) is 5.91 Å². The number of carbonyl (C=O) groups is 2. The fourth-order valence-electron chi connectivity index (χ4n) is 3.00. The van der Waals surface area contributed by atoms with Crippen LogP contribution >= 0.6 is 23.4 Å². The molecule has 0 radical (unpaired) electrons. The lowest BCUT2D eigenvalue weighted by molar-refractivity contribution is -0.385. The zero-order valence-electron chi connectivity index (χ0n) is 15.7. The Morgan fingerprint density at radius 1 is 1.30 bits per heavy atom. The van der Waals surface area contributed by atoms with Crippen LogP contribution in [0.4, 0.5) is 11.4 Å². The van der Waals surface area contributed by atoms with E-state index in [-0.39, 0.29) is 28.6 Å². The minimum Gasteiger partial charge on any atom is -0.354 e. The molecule has 30 heavy (non-hydrogen) atoms. The molecule has 0 saturated carbocycles. The van der Waals surface area contributed by atoms with Gasteiger partial charge in [0, 0.05) is 35.8 Å². The van der Waals surface area contributed by atoms with Crippen molar-refractivity contribution in [2.75, 3.05) is 11.9 Å². The molecule has 8 nitrogen and oxygen atoms in total. The molecule has 1 atom stereocenters. The number of nitriles is 1. The molecular weight excluding hydrogens is 428 g/mol. The zero-order valence-corrected chi connectivity index (χ0v) is 17.2. The number of hydrogen-bond donors (Lipinski definition) is 1. The first kappa shape index (κ1) is 21.4. The van der Waals surface area contributed by atoms with Crippen LogP contribution in [-0.4, -0.2) is 29.0 Å². The van der Waals surface area contributed by atoms with Crippen LogP contribution in [0.5, 0.6) is 0 Å². The molecular formula is C20H15ClN4O4S. The number of nitro benzene ring substituents is 1. The second-order valence-corrected chi connectivity index (χ2v) is 7.85. The smallest absolute Gasteiger partial charge is 0.272 e. The number of anilines is 1. The lowest BCUT2D eigenvalue weighted by Gasteiger charge is -2.18. The second-order valence-electron chi connectivity index (χ2n) is 6.22. The van der Waals surface area contributed by atoms with Crippen LogP contribution in [0.15, 0.2) is 59.1 Å². The minimum atomic E-state index is -0.746. The summed E-state index contributed by atoms with van der Waals surface area (Å²) >= 11 is 6.97. The number of halogens is 1. The van der Waals surface area contributed by atoms with Crippen molar-refractivity contribution in [2.45, 2.75) is 11.7 Å². The summed E-state index contributed by atoms with van der Waals surface area (Å²) in [5, 5.41) is 23.2. The molecule has 2 amide bonds. The monoisotopic (exact) mass is 442 g/mol. The number of thioether (sulfide) groups is 1. The summed E-state index contributed by atoms with van der Waals surface area (Å²) in [6.07, 6.45) is 0.0701. The van der Waals surface area contributed by atoms with Crippen LogP contribution in [0.3, 0.4) is 0 Å². The van der Waals surface area contributed by atoms with E-state index in [1.54, 1.807) is 42.5 Å². The molecule has 2 aromatic rings. The van der Waals surface area contributed by atoms with E-state index in [1.807, 2.05) is 6.07 Å². The molecule has 3 rings (SSSR count). The van der Waals surface area contributed by atoms with Crippen molar-refractivity contribution in [3.05, 3.63) is 79.8 Å². The standard InChI is InChI=1S/C20H15ClN4O4S/c1-23-18(26)15(11-22)20-24(14-8-6-13(21)7-9-14)19(27)17(30-20)10-12-4-2-3-5-16(12)25(28)29/h2-9,17H,10H2,1H3,(H,23,26)/b20-15-. The molecule has 0 spiro atoms. The third-order valence-corrected chi connectivity index (χ3v) is 5.93. The molecule has 1 heterocycles. The lowest BCUT2D eigenvalue weighted by Crippen LogP contribution is -2.31. The molecule has 152 valence electrons. The van der Waals surface area contributed by atoms with Crippen molar-refractivity contribution >= 4 is 46.6 Å². The van der Waals surface area contributed by atoms with Crippen molar-refractivity contribution in [1.29, 1.82) is 5.26 Å². The van der Waals surface area contributed by atoms with Crippen molar-refractivity contribution < 1.29 is 14.5 Å². The molecule has 1 fully saturated rings. The van der Waals surface area contributed by atoms with Gasteiger partial charge < -0.3 is 5.32 Å². The molecule has 2 aromatic carbocycles. The Hall–Kier alpha value is -3.35. The van der Waals surface area contributed by atoms with E-state index in [0.717, 1.165) is 11.8 Å². The molecule has 0 bridgehead atoms. The highest BCUT2D eigenvalue weighted by Gasteiger charge is 2.41. The summed E-state index contributed by atoms with van der Waals surface area (Å²) in [6.45, 7) is 0. The zero-order chi connectivity index (χ0) is 21.8. The molecule has 1 aliphatic rings. The Balaban J connectivity index is 2.07. The van der Waals surface area contributed by atoms with E-state index in [0.29, 0.717) is 16.3 Å². The first-order valence-electron chi connectivity index (χ1n) is 8.72. The van der Waals surface area contributed by atoms with Crippen molar-refractivity contribution in [1.82, 2.24) is 5.32 Å². The van der Waals surface area contributed by atoms with E-state index < -0.39 is 16.1 Å². The topological polar surface area (TPSA) is 116 Å². The number of amides is 2. The minimum absolute atomic E-state index is 0.0701. The van der Waals surface area contributed by atoms with Gasteiger partial charge in [0.25, 0.3) is 11.6 Å². The summed E-state index contributed by atoms with van der Waals surface area (Å²) in [5.74, 6) is -1.01. The van der Waals surface area contributed by atoms with Gasteiger partial charge in [0.1, 0.15) is 16.7 Å². The molecule has 10 heteroatoms. The van der Waals surface area contributed by atoms with Crippen molar-refractivity contribution in [3.8, 4) is 6.07 Å². The van der Waals surface area contributed by atoms with E-state index in [9.17, 15) is 25.0 Å². The fourth-order valence-corrected chi connectivity index (χ4v) is 4.42. The van der Waals surface area contributed by atoms with E-state index >= 15 is 0 Å². The number of hydrogen-bond acceptors (Lipinski definition) is 6. The van der Waals surface area contributed by atoms with Crippen molar-refractivity contribution in [2.24, 2.45) is 0 Å². The lowest BCUT2D eigenvalue weighted by atomic mass is 10.1. The van der Waals surface area contributed by atoms with E-state index in [1.165, 1.54) is 18.0 Å². The van der Waals surface area contributed by atoms with Crippen LogP contribution in [-0.2, 0) is 16.0 Å². The predicted molar refractivity (Wildman–Crippen MR) is 114 cm³/mol. The van der Waals surface area contributed by atoms with Gasteiger partial charge in [-0.3, -0.25) is 24.6 Å². The quantitative estimate of drug-likeness (QED) is 0.328. The Morgan fingerprint density at radius 2 is 1.97 bits per heavy atom. The van der Waals surface area contributed by atoms with Crippen LogP contribution in [0.2, 0.25) is 5.02 Å². The Labute approximate surface area is 181 Å². The van der Waals surface area contributed by atoms with Crippen LogP contribution in [0.1, 0.15) is 5.56 Å². The van der Waals surface area contributed by atoms with Gasteiger partial charge in [-0.1, -0.05) is 41.6 Å². The highest BCUT2D eigenvalue weighted by atomic mass is 35.5. The normalized spacial score (nSPS) is 17.4. The first-order chi connectivity index (χ1) is 14.4. The van der Waals surface area contributed by atoms with Crippen LogP contribution in [0.25, 0.3) is 0 Å². The predicted octanol–water partition coefficient (Wildman–Crippen LogP) is 3.42. The number of rotatable bonds is 5. The van der Waals surface area contributed by atoms with Gasteiger partial charge in [-0.15, -0.1) is 0 Å². The summed E-state index contributed by atoms with van der Waals surface area (Å²) in [7, 11) is 1.39. The third kappa shape index (κ3) is 4.15. The average molecular weight is 443 g/mol. The summed E-state index contributed by atoms with van der Waals surface area (Å²) in [6, 6.07) is 14.4. The van der Waals surface area contributed by atoms with Gasteiger partial charge in [-0.25, -0.2) is 0 Å². The highest BCUT2D eigenvalue weighted by Crippen LogP contribution is 2.42. The summed E-state index contributed by atoms with van der Waals surface area (Å²) in [4.78, 5) is 37.6. The molecule has 1 N–H and O–H groups in total. The number of benzene rings is 2. The third-order valence-electron chi connectivity index (χ3n) is 4.41. The van der Waals surface area contributed by atoms with Gasteiger partial charge in [0.05, 0.1) is 10.2 Å². The first-order valence-corrected chi connectivity index (χ1v) is 9.98. The number of likely N-dealkylation sites (N-methyl/N-ethyl adjacent to an activating group) is 1. The highest BCUT2D eigenvalue weighted by molar-refractivity contribution is 8.05. The number of nitro groups is 1. The number of nitrogens with zero attached hydrogens (tertiary/aromatic N) is 3. The molecule has 0 aliphatic carbocycles. The average Bonchev–Trinajstić information content (AvgIpc) is 3.05. The Morgan fingerprint density at radius 3 is 2.57 bits per heavy atom. The van der Waals surface area contributed by atoms with Gasteiger partial charge in [-0.2, -0.15) is 5.26 Å². The number of carbonyl (C=O) groups excluding carboxylic acids is 2. The maximum absolute atomic E-state index is 13.2. The SMILES string of the molecule is CNC(=O)/C(C#N)=C1\SC(Cc2ccccc2[N+](=O)[O-])C(=O)N1c1ccc(Cl)cc1. The molecule has 0 aromatic heterocycles. The Bertz CT molecular complexity index is 1090. The summed E-state index contributed by atoms with van der Waals surface area (Å²) in [5.41, 5.74) is 0.529. The van der Waals surface area contributed by atoms with E-state index in [4.69, 9.17) is 11.6 Å². The maximum Gasteiger partial charge on any atom is 0.272 e. The van der Waals surface area contributed by atoms with Gasteiger partial charge in [-0.05, 0) is 24.3 Å². The second kappa shape index (κ2) is 8.98. The van der Waals surface area contributed by atoms with E-state index in [2.05, 4.69) is 5.32 Å². The molecule has 1 saturated heterocycles. The Kier molecular flexibility index (Phi) is 6.40. The van der Waals surface area contributed by atoms with Crippen molar-refractivity contribution in [3.63, 3.8) is 0 Å². The molecule has 1 aliphatic heterocycles. The van der Waals surface area contributed by atoms with Crippen LogP contribution in [0, 0.1) is 21.4 Å². The van der Waals surface area contributed by atoms with Gasteiger partial charge in [0.15, 0.2) is 0 Å². The number of para-hydroxylation sites is 1. The maximum atomic E-state index is 13.2. The largest absolute Gasteiger partial charge is 0.354 e. The van der Waals surface area contributed by atoms with Crippen LogP contribution < -0.4 is 10.2 Å². The molecule has 1 unspecified atom stereocenters. The van der Waals surface area contributed by atoms with Gasteiger partial charge >= 0.3 is 0 Å². The number of nitrogens with one attached hydrogen (secondary N) is 1. The summed E-state index contributed by atoms with van der Waals surface area (Å²) < 4.78 is 0. The fraction of sp³-hybridized carbons (Fsp3) is 0.150.